The molecule has 0 N–H and O–H groups in total. The predicted octanol–water partition coefficient (Wildman–Crippen LogP) is 2.78. The summed E-state index contributed by atoms with van der Waals surface area (Å²) >= 11 is 0. The van der Waals surface area contributed by atoms with Gasteiger partial charge in [0.05, 0.1) is 5.92 Å². The van der Waals surface area contributed by atoms with Crippen molar-refractivity contribution in [2.75, 3.05) is 26.2 Å². The molecular formula is C17H32N2O2. The van der Waals surface area contributed by atoms with Gasteiger partial charge in [0.25, 0.3) is 0 Å². The summed E-state index contributed by atoms with van der Waals surface area (Å²) in [6.45, 7) is 13.6. The maximum Gasteiger partial charge on any atom is 0.228 e. The molecule has 0 aliphatic carbocycles. The smallest absolute Gasteiger partial charge is 0.228 e. The minimum absolute atomic E-state index is 0.133. The Morgan fingerprint density at radius 1 is 1.24 bits per heavy atom. The molecule has 1 fully saturated rings. The second kappa shape index (κ2) is 8.40. The van der Waals surface area contributed by atoms with Crippen LogP contribution >= 0.6 is 0 Å². The normalized spacial score (nSPS) is 18.9. The summed E-state index contributed by atoms with van der Waals surface area (Å²) in [6.07, 6.45) is 2.50. The maximum atomic E-state index is 12.7. The molecule has 122 valence electrons. The lowest BCUT2D eigenvalue weighted by molar-refractivity contribution is -0.136. The number of amides is 2. The van der Waals surface area contributed by atoms with E-state index in [2.05, 4.69) is 34.6 Å². The molecule has 1 saturated heterocycles. The molecule has 0 spiro atoms. The van der Waals surface area contributed by atoms with Crippen molar-refractivity contribution < 1.29 is 9.59 Å². The van der Waals surface area contributed by atoms with Gasteiger partial charge in [-0.05, 0) is 18.3 Å². The van der Waals surface area contributed by atoms with Gasteiger partial charge in [-0.2, -0.15) is 0 Å². The number of nitrogens with zero attached hydrogens (tertiary/aromatic N) is 2. The van der Waals surface area contributed by atoms with E-state index >= 15 is 0 Å². The van der Waals surface area contributed by atoms with Gasteiger partial charge in [0.2, 0.25) is 11.8 Å². The van der Waals surface area contributed by atoms with Crippen molar-refractivity contribution in [3.8, 4) is 0 Å². The SMILES string of the molecule is CCCCN1CC(C(=O)N(CC(C)C)CC(C)C)CC1=O. The van der Waals surface area contributed by atoms with E-state index in [9.17, 15) is 9.59 Å². The summed E-state index contributed by atoms with van der Waals surface area (Å²) in [7, 11) is 0. The molecule has 1 heterocycles. The molecule has 21 heavy (non-hydrogen) atoms. The van der Waals surface area contributed by atoms with Crippen molar-refractivity contribution in [2.24, 2.45) is 17.8 Å². The van der Waals surface area contributed by atoms with Crippen LogP contribution in [0.3, 0.4) is 0 Å². The van der Waals surface area contributed by atoms with Gasteiger partial charge < -0.3 is 9.80 Å². The quantitative estimate of drug-likeness (QED) is 0.691. The molecular weight excluding hydrogens is 264 g/mol. The van der Waals surface area contributed by atoms with E-state index < -0.39 is 0 Å². The molecule has 0 radical (unpaired) electrons. The highest BCUT2D eigenvalue weighted by Crippen LogP contribution is 2.21. The Morgan fingerprint density at radius 3 is 2.29 bits per heavy atom. The van der Waals surface area contributed by atoms with Crippen LogP contribution in [0.4, 0.5) is 0 Å². The zero-order valence-corrected chi connectivity index (χ0v) is 14.4. The van der Waals surface area contributed by atoms with E-state index in [1.807, 2.05) is 9.80 Å². The molecule has 0 aromatic carbocycles. The molecule has 4 nitrogen and oxygen atoms in total. The average molecular weight is 296 g/mol. The molecule has 0 saturated carbocycles. The number of unbranched alkanes of at least 4 members (excludes halogenated alkanes) is 1. The summed E-state index contributed by atoms with van der Waals surface area (Å²) in [5.41, 5.74) is 0. The van der Waals surface area contributed by atoms with Crippen molar-refractivity contribution in [2.45, 2.75) is 53.9 Å². The Morgan fingerprint density at radius 2 is 1.81 bits per heavy atom. The summed E-state index contributed by atoms with van der Waals surface area (Å²) in [5, 5.41) is 0. The van der Waals surface area contributed by atoms with Crippen molar-refractivity contribution >= 4 is 11.8 Å². The lowest BCUT2D eigenvalue weighted by atomic mass is 10.0. The van der Waals surface area contributed by atoms with Gasteiger partial charge in [0.1, 0.15) is 0 Å². The minimum atomic E-state index is -0.133. The van der Waals surface area contributed by atoms with E-state index in [-0.39, 0.29) is 17.7 Å². The van der Waals surface area contributed by atoms with E-state index in [0.29, 0.717) is 24.8 Å². The molecule has 4 heteroatoms. The van der Waals surface area contributed by atoms with Crippen LogP contribution in [0.5, 0.6) is 0 Å². The van der Waals surface area contributed by atoms with Gasteiger partial charge in [-0.3, -0.25) is 9.59 Å². The highest BCUT2D eigenvalue weighted by Gasteiger charge is 2.36. The van der Waals surface area contributed by atoms with Gasteiger partial charge in [-0.1, -0.05) is 41.0 Å². The highest BCUT2D eigenvalue weighted by molar-refractivity contribution is 5.89. The van der Waals surface area contributed by atoms with Crippen LogP contribution in [0.1, 0.15) is 53.9 Å². The molecule has 0 aromatic rings. The predicted molar refractivity (Wildman–Crippen MR) is 85.9 cm³/mol. The average Bonchev–Trinajstić information content (AvgIpc) is 2.75. The molecule has 1 aliphatic rings. The summed E-state index contributed by atoms with van der Waals surface area (Å²) in [4.78, 5) is 28.6. The fourth-order valence-electron chi connectivity index (χ4n) is 2.90. The van der Waals surface area contributed by atoms with Gasteiger partial charge >= 0.3 is 0 Å². The Balaban J connectivity index is 2.64. The van der Waals surface area contributed by atoms with E-state index in [0.717, 1.165) is 32.5 Å². The number of hydrogen-bond donors (Lipinski definition) is 0. The number of carbonyl (C=O) groups excluding carboxylic acids is 2. The Hall–Kier alpha value is -1.06. The van der Waals surface area contributed by atoms with Gasteiger partial charge in [0, 0.05) is 32.6 Å². The lowest BCUT2D eigenvalue weighted by Gasteiger charge is -2.28. The molecule has 1 aliphatic heterocycles. The lowest BCUT2D eigenvalue weighted by Crippen LogP contribution is -2.41. The Bertz CT molecular complexity index is 343. The maximum absolute atomic E-state index is 12.7. The largest absolute Gasteiger partial charge is 0.342 e. The topological polar surface area (TPSA) is 40.6 Å². The Kier molecular flexibility index (Phi) is 7.20. The van der Waals surface area contributed by atoms with Crippen molar-refractivity contribution in [1.29, 1.82) is 0 Å². The molecule has 2 amide bonds. The van der Waals surface area contributed by atoms with Crippen LogP contribution in [0.15, 0.2) is 0 Å². The van der Waals surface area contributed by atoms with Crippen LogP contribution in [0.2, 0.25) is 0 Å². The third kappa shape index (κ3) is 5.68. The fraction of sp³-hybridized carbons (Fsp3) is 0.882. The van der Waals surface area contributed by atoms with E-state index in [1.165, 1.54) is 0 Å². The number of hydrogen-bond acceptors (Lipinski definition) is 2. The number of rotatable bonds is 8. The zero-order valence-electron chi connectivity index (χ0n) is 14.4. The van der Waals surface area contributed by atoms with Crippen LogP contribution in [0, 0.1) is 17.8 Å². The highest BCUT2D eigenvalue weighted by atomic mass is 16.2. The monoisotopic (exact) mass is 296 g/mol. The second-order valence-electron chi connectivity index (χ2n) is 7.13. The van der Waals surface area contributed by atoms with E-state index in [4.69, 9.17) is 0 Å². The summed E-state index contributed by atoms with van der Waals surface area (Å²) in [6, 6.07) is 0. The first-order chi connectivity index (χ1) is 9.85. The Labute approximate surface area is 129 Å². The zero-order chi connectivity index (χ0) is 16.0. The second-order valence-corrected chi connectivity index (χ2v) is 7.13. The standard InChI is InChI=1S/C17H32N2O2/c1-6-7-8-18-12-15(9-16(18)20)17(21)19(10-13(2)3)11-14(4)5/h13-15H,6-12H2,1-5H3. The van der Waals surface area contributed by atoms with Crippen molar-refractivity contribution in [3.05, 3.63) is 0 Å². The molecule has 1 rings (SSSR count). The first kappa shape index (κ1) is 18.0. The van der Waals surface area contributed by atoms with Crippen molar-refractivity contribution in [3.63, 3.8) is 0 Å². The first-order valence-corrected chi connectivity index (χ1v) is 8.41. The summed E-state index contributed by atoms with van der Waals surface area (Å²) in [5.74, 6) is 1.11. The molecule has 1 unspecified atom stereocenters. The van der Waals surface area contributed by atoms with E-state index in [1.54, 1.807) is 0 Å². The molecule has 0 bridgehead atoms. The molecule has 1 atom stereocenters. The number of likely N-dealkylation sites (tertiary alicyclic amines) is 1. The third-order valence-electron chi connectivity index (χ3n) is 3.83. The van der Waals surface area contributed by atoms with Crippen molar-refractivity contribution in [1.82, 2.24) is 9.80 Å². The van der Waals surface area contributed by atoms with Gasteiger partial charge in [0.15, 0.2) is 0 Å². The first-order valence-electron chi connectivity index (χ1n) is 8.41. The fourth-order valence-corrected chi connectivity index (χ4v) is 2.90. The van der Waals surface area contributed by atoms with Crippen LogP contribution < -0.4 is 0 Å². The van der Waals surface area contributed by atoms with Gasteiger partial charge in [-0.15, -0.1) is 0 Å². The third-order valence-corrected chi connectivity index (χ3v) is 3.83. The van der Waals surface area contributed by atoms with Gasteiger partial charge in [-0.25, -0.2) is 0 Å². The molecule has 0 aromatic heterocycles. The van der Waals surface area contributed by atoms with Crippen LogP contribution in [0.25, 0.3) is 0 Å². The number of carbonyl (C=O) groups is 2. The van der Waals surface area contributed by atoms with Crippen LogP contribution in [-0.4, -0.2) is 47.8 Å². The summed E-state index contributed by atoms with van der Waals surface area (Å²) < 4.78 is 0. The van der Waals surface area contributed by atoms with Crippen LogP contribution in [-0.2, 0) is 9.59 Å². The minimum Gasteiger partial charge on any atom is -0.342 e.